The van der Waals surface area contributed by atoms with Gasteiger partial charge in [-0.1, -0.05) is 43.7 Å². The number of hydrogen-bond donors (Lipinski definition) is 1. The highest BCUT2D eigenvalue weighted by Crippen LogP contribution is 2.26. The molecule has 5 heteroatoms. The number of carbonyl (C=O) groups is 1. The summed E-state index contributed by atoms with van der Waals surface area (Å²) in [5.41, 5.74) is 3.16. The highest BCUT2D eigenvalue weighted by molar-refractivity contribution is 6.06. The van der Waals surface area contributed by atoms with Crippen LogP contribution in [0, 0.1) is 0 Å². The Morgan fingerprint density at radius 2 is 2.00 bits per heavy atom. The summed E-state index contributed by atoms with van der Waals surface area (Å²) < 4.78 is 1.87. The van der Waals surface area contributed by atoms with Gasteiger partial charge in [-0.3, -0.25) is 4.79 Å². The van der Waals surface area contributed by atoms with Crippen LogP contribution in [0.3, 0.4) is 0 Å². The number of fused-ring (bicyclic) bond motifs is 1. The number of pyridine rings is 1. The Morgan fingerprint density at radius 1 is 1.24 bits per heavy atom. The Bertz CT molecular complexity index is 868. The second kappa shape index (κ2) is 7.47. The number of benzene rings is 1. The van der Waals surface area contributed by atoms with Crippen molar-refractivity contribution in [3.63, 3.8) is 0 Å². The first-order valence-electron chi connectivity index (χ1n) is 8.83. The molecule has 0 atom stereocenters. The Hall–Kier alpha value is -2.69. The SMILES string of the molecule is CCCCNC(=O)c1cc(-c2ccccc2)nc2c1cnn2C(C)C. The lowest BCUT2D eigenvalue weighted by atomic mass is 10.1. The molecular weight excluding hydrogens is 312 g/mol. The monoisotopic (exact) mass is 336 g/mol. The van der Waals surface area contributed by atoms with Gasteiger partial charge in [0.25, 0.3) is 5.91 Å². The molecule has 0 spiro atoms. The van der Waals surface area contributed by atoms with Crippen LogP contribution in [0.1, 0.15) is 50.0 Å². The zero-order valence-corrected chi connectivity index (χ0v) is 15.0. The summed E-state index contributed by atoms with van der Waals surface area (Å²) in [4.78, 5) is 17.5. The number of unbranched alkanes of at least 4 members (excludes halogenated alkanes) is 1. The van der Waals surface area contributed by atoms with E-state index in [-0.39, 0.29) is 11.9 Å². The van der Waals surface area contributed by atoms with Crippen molar-refractivity contribution in [3.8, 4) is 11.3 Å². The molecule has 2 aromatic heterocycles. The summed E-state index contributed by atoms with van der Waals surface area (Å²) in [7, 11) is 0. The van der Waals surface area contributed by atoms with Gasteiger partial charge in [-0.05, 0) is 26.3 Å². The molecule has 1 amide bonds. The lowest BCUT2D eigenvalue weighted by Crippen LogP contribution is -2.24. The molecule has 1 aromatic carbocycles. The van der Waals surface area contributed by atoms with Gasteiger partial charge in [-0.25, -0.2) is 9.67 Å². The minimum atomic E-state index is -0.0682. The normalized spacial score (nSPS) is 11.2. The van der Waals surface area contributed by atoms with Gasteiger partial charge >= 0.3 is 0 Å². The van der Waals surface area contributed by atoms with Gasteiger partial charge in [0.2, 0.25) is 0 Å². The molecule has 0 aliphatic rings. The van der Waals surface area contributed by atoms with Crippen LogP contribution < -0.4 is 5.32 Å². The number of aromatic nitrogens is 3. The summed E-state index contributed by atoms with van der Waals surface area (Å²) in [6.45, 7) is 6.91. The first kappa shape index (κ1) is 17.1. The summed E-state index contributed by atoms with van der Waals surface area (Å²) >= 11 is 0. The molecule has 0 bridgehead atoms. The Morgan fingerprint density at radius 3 is 2.68 bits per heavy atom. The van der Waals surface area contributed by atoms with E-state index in [0.717, 1.165) is 35.1 Å². The van der Waals surface area contributed by atoms with Crippen molar-refractivity contribution < 1.29 is 4.79 Å². The highest BCUT2D eigenvalue weighted by atomic mass is 16.1. The predicted octanol–water partition coefficient (Wildman–Crippen LogP) is 4.21. The maximum Gasteiger partial charge on any atom is 0.252 e. The molecule has 3 aromatic rings. The zero-order chi connectivity index (χ0) is 17.8. The summed E-state index contributed by atoms with van der Waals surface area (Å²) in [6.07, 6.45) is 3.76. The molecule has 0 aliphatic carbocycles. The maximum absolute atomic E-state index is 12.7. The second-order valence-corrected chi connectivity index (χ2v) is 6.45. The van der Waals surface area contributed by atoms with Crippen LogP contribution in [0.25, 0.3) is 22.3 Å². The summed E-state index contributed by atoms with van der Waals surface area (Å²) in [5, 5.41) is 8.24. The molecule has 0 aliphatic heterocycles. The van der Waals surface area contributed by atoms with Crippen molar-refractivity contribution in [3.05, 3.63) is 48.2 Å². The smallest absolute Gasteiger partial charge is 0.252 e. The Kier molecular flexibility index (Phi) is 5.12. The van der Waals surface area contributed by atoms with Crippen LogP contribution in [0.4, 0.5) is 0 Å². The molecule has 0 fully saturated rings. The minimum absolute atomic E-state index is 0.0682. The Labute approximate surface area is 148 Å². The van der Waals surface area contributed by atoms with E-state index >= 15 is 0 Å². The number of amides is 1. The second-order valence-electron chi connectivity index (χ2n) is 6.45. The van der Waals surface area contributed by atoms with Gasteiger partial charge in [-0.2, -0.15) is 5.10 Å². The van der Waals surface area contributed by atoms with Crippen LogP contribution in [0.2, 0.25) is 0 Å². The van der Waals surface area contributed by atoms with Crippen molar-refractivity contribution >= 4 is 16.9 Å². The third kappa shape index (κ3) is 3.55. The third-order valence-electron chi connectivity index (χ3n) is 4.19. The zero-order valence-electron chi connectivity index (χ0n) is 15.0. The number of carbonyl (C=O) groups excluding carboxylic acids is 1. The van der Waals surface area contributed by atoms with E-state index in [0.29, 0.717) is 12.1 Å². The third-order valence-corrected chi connectivity index (χ3v) is 4.19. The number of nitrogens with zero attached hydrogens (tertiary/aromatic N) is 3. The van der Waals surface area contributed by atoms with Gasteiger partial charge < -0.3 is 5.32 Å². The first-order chi connectivity index (χ1) is 12.1. The first-order valence-corrected chi connectivity index (χ1v) is 8.83. The fourth-order valence-electron chi connectivity index (χ4n) is 2.81. The maximum atomic E-state index is 12.7. The number of nitrogens with one attached hydrogen (secondary N) is 1. The van der Waals surface area contributed by atoms with E-state index in [2.05, 4.69) is 31.2 Å². The lowest BCUT2D eigenvalue weighted by Gasteiger charge is -2.11. The molecular formula is C20H24N4O. The molecule has 2 heterocycles. The lowest BCUT2D eigenvalue weighted by molar-refractivity contribution is 0.0955. The molecule has 1 N–H and O–H groups in total. The van der Waals surface area contributed by atoms with E-state index in [4.69, 9.17) is 4.98 Å². The minimum Gasteiger partial charge on any atom is -0.352 e. The van der Waals surface area contributed by atoms with Gasteiger partial charge in [-0.15, -0.1) is 0 Å². The van der Waals surface area contributed by atoms with Crippen LogP contribution in [0.5, 0.6) is 0 Å². The van der Waals surface area contributed by atoms with Crippen molar-refractivity contribution in [2.45, 2.75) is 39.7 Å². The Balaban J connectivity index is 2.12. The predicted molar refractivity (Wildman–Crippen MR) is 101 cm³/mol. The molecule has 0 saturated heterocycles. The molecule has 0 radical (unpaired) electrons. The fourth-order valence-corrected chi connectivity index (χ4v) is 2.81. The average Bonchev–Trinajstić information content (AvgIpc) is 3.06. The van der Waals surface area contributed by atoms with Gasteiger partial charge in [0.15, 0.2) is 5.65 Å². The van der Waals surface area contributed by atoms with Crippen LogP contribution in [-0.2, 0) is 0 Å². The molecule has 5 nitrogen and oxygen atoms in total. The highest BCUT2D eigenvalue weighted by Gasteiger charge is 2.18. The molecule has 25 heavy (non-hydrogen) atoms. The van der Waals surface area contributed by atoms with Gasteiger partial charge in [0.1, 0.15) is 0 Å². The van der Waals surface area contributed by atoms with Gasteiger partial charge in [0, 0.05) is 18.2 Å². The van der Waals surface area contributed by atoms with E-state index in [1.54, 1.807) is 6.20 Å². The van der Waals surface area contributed by atoms with Crippen molar-refractivity contribution in [2.24, 2.45) is 0 Å². The largest absolute Gasteiger partial charge is 0.352 e. The number of rotatable bonds is 6. The van der Waals surface area contributed by atoms with E-state index in [9.17, 15) is 4.79 Å². The van der Waals surface area contributed by atoms with Crippen LogP contribution in [0.15, 0.2) is 42.6 Å². The van der Waals surface area contributed by atoms with E-state index in [1.165, 1.54) is 0 Å². The summed E-state index contributed by atoms with van der Waals surface area (Å²) in [6, 6.07) is 12.0. The van der Waals surface area contributed by atoms with Crippen LogP contribution >= 0.6 is 0 Å². The molecule has 3 rings (SSSR count). The fraction of sp³-hybridized carbons (Fsp3) is 0.350. The van der Waals surface area contributed by atoms with Crippen molar-refractivity contribution in [2.75, 3.05) is 6.54 Å². The van der Waals surface area contributed by atoms with Crippen molar-refractivity contribution in [1.29, 1.82) is 0 Å². The molecule has 130 valence electrons. The van der Waals surface area contributed by atoms with Crippen molar-refractivity contribution in [1.82, 2.24) is 20.1 Å². The van der Waals surface area contributed by atoms with E-state index in [1.807, 2.05) is 41.1 Å². The average molecular weight is 336 g/mol. The summed E-state index contributed by atoms with van der Waals surface area (Å²) in [5.74, 6) is -0.0682. The standard InChI is InChI=1S/C20H24N4O/c1-4-5-11-21-20(25)16-12-18(15-9-7-6-8-10-15)23-19-17(16)13-22-24(19)14(2)3/h6-10,12-14H,4-5,11H2,1-3H3,(H,21,25). The number of hydrogen-bond acceptors (Lipinski definition) is 3. The quantitative estimate of drug-likeness (QED) is 0.686. The van der Waals surface area contributed by atoms with E-state index < -0.39 is 0 Å². The molecule has 0 unspecified atom stereocenters. The topological polar surface area (TPSA) is 59.8 Å². The van der Waals surface area contributed by atoms with Crippen LogP contribution in [-0.4, -0.2) is 27.2 Å². The molecule has 0 saturated carbocycles. The van der Waals surface area contributed by atoms with Gasteiger partial charge in [0.05, 0.1) is 22.8 Å².